The van der Waals surface area contributed by atoms with Gasteiger partial charge in [0.1, 0.15) is 11.4 Å². The Bertz CT molecular complexity index is 1210. The van der Waals surface area contributed by atoms with E-state index in [1.54, 1.807) is 30.5 Å². The largest absolute Gasteiger partial charge is 0.339 e. The summed E-state index contributed by atoms with van der Waals surface area (Å²) in [5.41, 5.74) is 4.30. The molecule has 0 aromatic carbocycles. The van der Waals surface area contributed by atoms with E-state index in [9.17, 15) is 9.59 Å². The van der Waals surface area contributed by atoms with Gasteiger partial charge in [-0.2, -0.15) is 0 Å². The van der Waals surface area contributed by atoms with Crippen LogP contribution in [0.3, 0.4) is 0 Å². The zero-order chi connectivity index (χ0) is 22.8. The second kappa shape index (κ2) is 8.90. The Labute approximate surface area is 187 Å². The summed E-state index contributed by atoms with van der Waals surface area (Å²) >= 11 is 0. The highest BCUT2D eigenvalue weighted by Crippen LogP contribution is 2.29. The number of anilines is 2. The van der Waals surface area contributed by atoms with E-state index in [-0.39, 0.29) is 22.9 Å². The minimum Gasteiger partial charge on any atom is -0.339 e. The molecule has 4 heterocycles. The first-order valence-corrected chi connectivity index (χ1v) is 10.8. The highest BCUT2D eigenvalue weighted by Gasteiger charge is 2.29. The lowest BCUT2D eigenvalue weighted by molar-refractivity contribution is 0.0702. The first-order chi connectivity index (χ1) is 15.3. The van der Waals surface area contributed by atoms with Crippen LogP contribution < -0.4 is 10.9 Å². The first kappa shape index (κ1) is 21.7. The molecular weight excluding hydrogens is 404 g/mol. The van der Waals surface area contributed by atoms with Gasteiger partial charge in [0.05, 0.1) is 6.20 Å². The number of rotatable bonds is 4. The van der Waals surface area contributed by atoms with Gasteiger partial charge < -0.3 is 14.8 Å². The molecule has 4 rings (SSSR count). The van der Waals surface area contributed by atoms with E-state index >= 15 is 0 Å². The molecule has 1 N–H and O–H groups in total. The number of hydrogen-bond acceptors (Lipinski definition) is 6. The van der Waals surface area contributed by atoms with Gasteiger partial charge in [0.25, 0.3) is 11.5 Å². The number of amides is 1. The van der Waals surface area contributed by atoms with E-state index in [0.717, 1.165) is 41.2 Å². The van der Waals surface area contributed by atoms with Crippen LogP contribution in [-0.4, -0.2) is 43.4 Å². The SMILES string of the molecule is Cc1cc(Nc2cnccn2)cc([C@H]2CCCN(C(=O)c3c(C)cc(C)n(C)c3=O)C2)n1. The molecule has 0 spiro atoms. The number of likely N-dealkylation sites (tertiary alicyclic amines) is 1. The number of carbonyl (C=O) groups is 1. The molecule has 0 radical (unpaired) electrons. The van der Waals surface area contributed by atoms with Crippen LogP contribution in [0.1, 0.15) is 51.8 Å². The summed E-state index contributed by atoms with van der Waals surface area (Å²) in [6.07, 6.45) is 6.74. The summed E-state index contributed by atoms with van der Waals surface area (Å²) in [7, 11) is 1.70. The molecule has 32 heavy (non-hydrogen) atoms. The van der Waals surface area contributed by atoms with Crippen molar-refractivity contribution < 1.29 is 4.79 Å². The van der Waals surface area contributed by atoms with Gasteiger partial charge in [-0.1, -0.05) is 0 Å². The lowest BCUT2D eigenvalue weighted by Gasteiger charge is -2.33. The number of hydrogen-bond donors (Lipinski definition) is 1. The molecule has 166 valence electrons. The molecule has 0 aliphatic carbocycles. The Morgan fingerprint density at radius 3 is 2.72 bits per heavy atom. The Hall–Kier alpha value is -3.55. The van der Waals surface area contributed by atoms with Crippen molar-refractivity contribution in [2.24, 2.45) is 7.05 Å². The summed E-state index contributed by atoms with van der Waals surface area (Å²) in [5.74, 6) is 0.568. The predicted molar refractivity (Wildman–Crippen MR) is 123 cm³/mol. The third kappa shape index (κ3) is 4.39. The summed E-state index contributed by atoms with van der Waals surface area (Å²) in [5, 5.41) is 3.27. The smallest absolute Gasteiger partial charge is 0.263 e. The second-order valence-electron chi connectivity index (χ2n) is 8.44. The maximum absolute atomic E-state index is 13.3. The second-order valence-corrected chi connectivity index (χ2v) is 8.44. The minimum absolute atomic E-state index is 0.101. The minimum atomic E-state index is -0.237. The summed E-state index contributed by atoms with van der Waals surface area (Å²) < 4.78 is 1.54. The fraction of sp³-hybridized carbons (Fsp3) is 0.375. The third-order valence-corrected chi connectivity index (χ3v) is 6.02. The van der Waals surface area contributed by atoms with E-state index in [2.05, 4.69) is 15.3 Å². The molecule has 1 aliphatic rings. The number of nitrogens with zero attached hydrogens (tertiary/aromatic N) is 5. The van der Waals surface area contributed by atoms with E-state index in [4.69, 9.17) is 4.98 Å². The molecule has 3 aromatic rings. The Morgan fingerprint density at radius 1 is 1.16 bits per heavy atom. The summed E-state index contributed by atoms with van der Waals surface area (Å²) in [6.45, 7) is 6.83. The lowest BCUT2D eigenvalue weighted by atomic mass is 9.93. The maximum Gasteiger partial charge on any atom is 0.263 e. The molecule has 0 saturated carbocycles. The molecule has 8 heteroatoms. The number of aromatic nitrogens is 4. The van der Waals surface area contributed by atoms with E-state index < -0.39 is 0 Å². The number of pyridine rings is 2. The lowest BCUT2D eigenvalue weighted by Crippen LogP contribution is -2.42. The van der Waals surface area contributed by atoms with Crippen molar-refractivity contribution in [3.63, 3.8) is 0 Å². The molecule has 0 bridgehead atoms. The van der Waals surface area contributed by atoms with Crippen molar-refractivity contribution in [1.29, 1.82) is 0 Å². The van der Waals surface area contributed by atoms with Gasteiger partial charge >= 0.3 is 0 Å². The van der Waals surface area contributed by atoms with Crippen LogP contribution in [-0.2, 0) is 7.05 Å². The standard InChI is InChI=1S/C24H28N6O2/c1-15-10-17(3)29(4)23(31)22(15)24(32)30-9-5-6-18(14-30)20-12-19(11-16(2)27-20)28-21-13-25-7-8-26-21/h7-8,10-13,18H,5-6,9,14H2,1-4H3,(H,26,27,28)/t18-/m0/s1. The fourth-order valence-corrected chi connectivity index (χ4v) is 4.29. The molecule has 8 nitrogen and oxygen atoms in total. The maximum atomic E-state index is 13.3. The van der Waals surface area contributed by atoms with Crippen LogP contribution in [0.25, 0.3) is 0 Å². The molecule has 0 unspecified atom stereocenters. The molecule has 1 saturated heterocycles. The van der Waals surface area contributed by atoms with Crippen molar-refractivity contribution in [1.82, 2.24) is 24.4 Å². The number of nitrogens with one attached hydrogen (secondary N) is 1. The average molecular weight is 433 g/mol. The van der Waals surface area contributed by atoms with Crippen LogP contribution in [0.5, 0.6) is 0 Å². The Balaban J connectivity index is 1.58. The molecule has 1 aliphatic heterocycles. The van der Waals surface area contributed by atoms with E-state index in [1.165, 1.54) is 4.57 Å². The normalized spacial score (nSPS) is 16.1. The van der Waals surface area contributed by atoms with Crippen LogP contribution in [0, 0.1) is 20.8 Å². The van der Waals surface area contributed by atoms with Gasteiger partial charge in [-0.25, -0.2) is 4.98 Å². The van der Waals surface area contributed by atoms with Crippen LogP contribution in [0.15, 0.2) is 41.6 Å². The van der Waals surface area contributed by atoms with Gasteiger partial charge in [0.2, 0.25) is 0 Å². The highest BCUT2D eigenvalue weighted by atomic mass is 16.2. The Morgan fingerprint density at radius 2 is 1.97 bits per heavy atom. The average Bonchev–Trinajstić information content (AvgIpc) is 2.78. The summed E-state index contributed by atoms with van der Waals surface area (Å²) in [4.78, 5) is 41.0. The van der Waals surface area contributed by atoms with E-state index in [0.29, 0.717) is 18.9 Å². The number of carbonyl (C=O) groups excluding carboxylic acids is 1. The van der Waals surface area contributed by atoms with Gasteiger partial charge in [-0.15, -0.1) is 0 Å². The van der Waals surface area contributed by atoms with Gasteiger partial charge in [-0.05, 0) is 57.4 Å². The van der Waals surface area contributed by atoms with Crippen molar-refractivity contribution in [2.45, 2.75) is 39.5 Å². The zero-order valence-electron chi connectivity index (χ0n) is 18.9. The number of aryl methyl sites for hydroxylation is 3. The zero-order valence-corrected chi connectivity index (χ0v) is 18.9. The van der Waals surface area contributed by atoms with Crippen molar-refractivity contribution in [3.05, 3.63) is 75.4 Å². The Kier molecular flexibility index (Phi) is 6.03. The molecule has 3 aromatic heterocycles. The van der Waals surface area contributed by atoms with Crippen molar-refractivity contribution >= 4 is 17.4 Å². The third-order valence-electron chi connectivity index (χ3n) is 6.02. The van der Waals surface area contributed by atoms with Gasteiger partial charge in [0, 0.05) is 61.2 Å². The van der Waals surface area contributed by atoms with Crippen molar-refractivity contribution in [3.8, 4) is 0 Å². The fourth-order valence-electron chi connectivity index (χ4n) is 4.29. The monoisotopic (exact) mass is 432 g/mol. The molecule has 1 fully saturated rings. The molecule has 1 amide bonds. The molecule has 1 atom stereocenters. The van der Waals surface area contributed by atoms with Gasteiger partial charge in [0.15, 0.2) is 0 Å². The quantitative estimate of drug-likeness (QED) is 0.680. The predicted octanol–water partition coefficient (Wildman–Crippen LogP) is 3.26. The topological polar surface area (TPSA) is 93.0 Å². The number of piperidine rings is 1. The van der Waals surface area contributed by atoms with Crippen LogP contribution in [0.4, 0.5) is 11.5 Å². The highest BCUT2D eigenvalue weighted by molar-refractivity contribution is 5.95. The van der Waals surface area contributed by atoms with Crippen molar-refractivity contribution in [2.75, 3.05) is 18.4 Å². The molecular formula is C24H28N6O2. The van der Waals surface area contributed by atoms with Crippen LogP contribution >= 0.6 is 0 Å². The summed E-state index contributed by atoms with van der Waals surface area (Å²) in [6, 6.07) is 5.86. The van der Waals surface area contributed by atoms with Gasteiger partial charge in [-0.3, -0.25) is 19.6 Å². The van der Waals surface area contributed by atoms with E-state index in [1.807, 2.05) is 39.0 Å². The first-order valence-electron chi connectivity index (χ1n) is 10.8. The van der Waals surface area contributed by atoms with Crippen LogP contribution in [0.2, 0.25) is 0 Å².